The summed E-state index contributed by atoms with van der Waals surface area (Å²) in [6, 6.07) is 8.64. The van der Waals surface area contributed by atoms with Crippen molar-refractivity contribution in [1.82, 2.24) is 5.32 Å². The van der Waals surface area contributed by atoms with Gasteiger partial charge in [-0.15, -0.1) is 0 Å². The Labute approximate surface area is 124 Å². The average Bonchev–Trinajstić information content (AvgIpc) is 2.46. The lowest BCUT2D eigenvalue weighted by atomic mass is 9.74. The smallest absolute Gasteiger partial charge is 0.0499 e. The molecule has 1 aliphatic carbocycles. The molecular formula is C16H24BrNO. The van der Waals surface area contributed by atoms with Crippen LogP contribution in [0.15, 0.2) is 28.7 Å². The topological polar surface area (TPSA) is 32.3 Å². The van der Waals surface area contributed by atoms with Gasteiger partial charge in [-0.3, -0.25) is 0 Å². The van der Waals surface area contributed by atoms with E-state index in [1.54, 1.807) is 0 Å². The summed E-state index contributed by atoms with van der Waals surface area (Å²) in [6.07, 6.45) is 6.14. The van der Waals surface area contributed by atoms with Gasteiger partial charge in [0, 0.05) is 29.1 Å². The maximum absolute atomic E-state index is 9.73. The number of nitrogens with one attached hydrogen (secondary N) is 1. The van der Waals surface area contributed by atoms with E-state index in [4.69, 9.17) is 0 Å². The molecule has 0 unspecified atom stereocenters. The fourth-order valence-corrected chi connectivity index (χ4v) is 3.63. The fourth-order valence-electron chi connectivity index (χ4n) is 3.00. The van der Waals surface area contributed by atoms with Gasteiger partial charge in [-0.25, -0.2) is 0 Å². The lowest BCUT2D eigenvalue weighted by molar-refractivity contribution is 0.0788. The van der Waals surface area contributed by atoms with Crippen molar-refractivity contribution in [3.8, 4) is 0 Å². The van der Waals surface area contributed by atoms with Gasteiger partial charge in [0.2, 0.25) is 0 Å². The highest BCUT2D eigenvalue weighted by Gasteiger charge is 2.31. The number of aliphatic hydroxyl groups is 1. The van der Waals surface area contributed by atoms with Crippen molar-refractivity contribution in [2.24, 2.45) is 5.41 Å². The summed E-state index contributed by atoms with van der Waals surface area (Å²) in [5.41, 5.74) is 1.39. The highest BCUT2D eigenvalue weighted by atomic mass is 79.9. The molecule has 1 aromatic rings. The molecule has 0 amide bonds. The Balaban J connectivity index is 1.95. The predicted molar refractivity (Wildman–Crippen MR) is 83.2 cm³/mol. The molecule has 3 heteroatoms. The van der Waals surface area contributed by atoms with Crippen LogP contribution in [0.25, 0.3) is 0 Å². The number of aliphatic hydroxyl groups excluding tert-OH is 1. The van der Waals surface area contributed by atoms with Crippen molar-refractivity contribution in [1.29, 1.82) is 0 Å². The number of hydrogen-bond donors (Lipinski definition) is 2. The van der Waals surface area contributed by atoms with Gasteiger partial charge in [-0.2, -0.15) is 0 Å². The first-order chi connectivity index (χ1) is 9.17. The van der Waals surface area contributed by atoms with Gasteiger partial charge in [0.05, 0.1) is 0 Å². The summed E-state index contributed by atoms with van der Waals surface area (Å²) < 4.78 is 1.15. The molecule has 1 saturated carbocycles. The summed E-state index contributed by atoms with van der Waals surface area (Å²) in [6.45, 7) is 3.41. The van der Waals surface area contributed by atoms with Crippen LogP contribution in [-0.4, -0.2) is 18.3 Å². The molecule has 1 aromatic carbocycles. The van der Waals surface area contributed by atoms with E-state index in [1.165, 1.54) is 24.8 Å². The minimum atomic E-state index is 0.105. The van der Waals surface area contributed by atoms with E-state index >= 15 is 0 Å². The second kappa shape index (κ2) is 6.87. The van der Waals surface area contributed by atoms with E-state index in [1.807, 2.05) is 6.07 Å². The summed E-state index contributed by atoms with van der Waals surface area (Å²) in [5.74, 6) is 0. The molecule has 0 radical (unpaired) electrons. The van der Waals surface area contributed by atoms with E-state index in [0.29, 0.717) is 12.6 Å². The van der Waals surface area contributed by atoms with Crippen LogP contribution < -0.4 is 5.32 Å². The lowest BCUT2D eigenvalue weighted by Crippen LogP contribution is -2.40. The molecule has 2 N–H and O–H groups in total. The molecule has 0 aliphatic heterocycles. The average molecular weight is 326 g/mol. The number of halogens is 1. The van der Waals surface area contributed by atoms with Crippen molar-refractivity contribution in [3.63, 3.8) is 0 Å². The maximum Gasteiger partial charge on any atom is 0.0499 e. The van der Waals surface area contributed by atoms with Crippen LogP contribution in [0.5, 0.6) is 0 Å². The number of rotatable bonds is 5. The fraction of sp³-hybridized carbons (Fsp3) is 0.625. The monoisotopic (exact) mass is 325 g/mol. The zero-order valence-corrected chi connectivity index (χ0v) is 13.2. The second-order valence-electron chi connectivity index (χ2n) is 5.84. The van der Waals surface area contributed by atoms with Crippen LogP contribution >= 0.6 is 15.9 Å². The van der Waals surface area contributed by atoms with Crippen LogP contribution in [0.3, 0.4) is 0 Å². The minimum absolute atomic E-state index is 0.105. The second-order valence-corrected chi connectivity index (χ2v) is 6.70. The Hall–Kier alpha value is -0.380. The molecule has 1 aliphatic rings. The van der Waals surface area contributed by atoms with E-state index in [9.17, 15) is 5.11 Å². The molecular weight excluding hydrogens is 302 g/mol. The third-order valence-electron chi connectivity index (χ3n) is 4.40. The van der Waals surface area contributed by atoms with E-state index in [-0.39, 0.29) is 5.41 Å². The number of benzene rings is 1. The summed E-state index contributed by atoms with van der Waals surface area (Å²) in [4.78, 5) is 0. The zero-order chi connectivity index (χ0) is 13.7. The largest absolute Gasteiger partial charge is 0.396 e. The minimum Gasteiger partial charge on any atom is -0.396 e. The van der Waals surface area contributed by atoms with Gasteiger partial charge in [-0.1, -0.05) is 53.4 Å². The van der Waals surface area contributed by atoms with E-state index < -0.39 is 0 Å². The molecule has 2 nitrogen and oxygen atoms in total. The Morgan fingerprint density at radius 1 is 1.26 bits per heavy atom. The summed E-state index contributed by atoms with van der Waals surface area (Å²) in [5, 5.41) is 13.3. The van der Waals surface area contributed by atoms with Crippen LogP contribution in [-0.2, 0) is 0 Å². The predicted octanol–water partition coefficient (Wildman–Crippen LogP) is 4.04. The molecule has 0 heterocycles. The lowest BCUT2D eigenvalue weighted by Gasteiger charge is -2.37. The Morgan fingerprint density at radius 2 is 1.95 bits per heavy atom. The van der Waals surface area contributed by atoms with Crippen LogP contribution in [0.4, 0.5) is 0 Å². The SMILES string of the molecule is C[C@@H](NCC1(CO)CCCCC1)c1ccccc1Br. The van der Waals surface area contributed by atoms with E-state index in [2.05, 4.69) is 46.4 Å². The first kappa shape index (κ1) is 15.0. The molecule has 0 bridgehead atoms. The first-order valence-electron chi connectivity index (χ1n) is 7.26. The summed E-state index contributed by atoms with van der Waals surface area (Å²) >= 11 is 3.60. The van der Waals surface area contributed by atoms with Crippen LogP contribution in [0.2, 0.25) is 0 Å². The van der Waals surface area contributed by atoms with Crippen molar-refractivity contribution in [2.45, 2.75) is 45.1 Å². The van der Waals surface area contributed by atoms with Crippen LogP contribution in [0, 0.1) is 5.41 Å². The molecule has 1 atom stereocenters. The highest BCUT2D eigenvalue weighted by Crippen LogP contribution is 2.36. The first-order valence-corrected chi connectivity index (χ1v) is 8.05. The standard InChI is InChI=1S/C16H24BrNO/c1-13(14-7-3-4-8-15(14)17)18-11-16(12-19)9-5-2-6-10-16/h3-4,7-8,13,18-19H,2,5-6,9-12H2,1H3/t13-/m1/s1. The molecule has 0 spiro atoms. The van der Waals surface area contributed by atoms with Crippen molar-refractivity contribution in [3.05, 3.63) is 34.3 Å². The molecule has 2 rings (SSSR count). The Kier molecular flexibility index (Phi) is 5.43. The third-order valence-corrected chi connectivity index (χ3v) is 5.13. The van der Waals surface area contributed by atoms with Crippen molar-refractivity contribution < 1.29 is 5.11 Å². The van der Waals surface area contributed by atoms with Gasteiger partial charge in [-0.05, 0) is 31.4 Å². The van der Waals surface area contributed by atoms with Crippen molar-refractivity contribution >= 4 is 15.9 Å². The zero-order valence-electron chi connectivity index (χ0n) is 11.7. The molecule has 1 fully saturated rings. The molecule has 19 heavy (non-hydrogen) atoms. The quantitative estimate of drug-likeness (QED) is 0.856. The van der Waals surface area contributed by atoms with Gasteiger partial charge in [0.25, 0.3) is 0 Å². The van der Waals surface area contributed by atoms with Gasteiger partial charge < -0.3 is 10.4 Å². The Morgan fingerprint density at radius 3 is 2.58 bits per heavy atom. The van der Waals surface area contributed by atoms with Gasteiger partial charge in [0.15, 0.2) is 0 Å². The third kappa shape index (κ3) is 3.80. The summed E-state index contributed by atoms with van der Waals surface area (Å²) in [7, 11) is 0. The van der Waals surface area contributed by atoms with E-state index in [0.717, 1.165) is 23.9 Å². The molecule has 0 aromatic heterocycles. The normalized spacial score (nSPS) is 20.2. The Bertz CT molecular complexity index is 401. The molecule has 0 saturated heterocycles. The maximum atomic E-state index is 9.73. The molecule has 106 valence electrons. The van der Waals surface area contributed by atoms with Crippen LogP contribution in [0.1, 0.15) is 50.6 Å². The van der Waals surface area contributed by atoms with Gasteiger partial charge >= 0.3 is 0 Å². The highest BCUT2D eigenvalue weighted by molar-refractivity contribution is 9.10. The van der Waals surface area contributed by atoms with Crippen molar-refractivity contribution in [2.75, 3.05) is 13.2 Å². The number of hydrogen-bond acceptors (Lipinski definition) is 2. The van der Waals surface area contributed by atoms with Gasteiger partial charge in [0.1, 0.15) is 0 Å².